The molecule has 4 rings (SSSR count). The number of carbonyl (C=O) groups is 4. The van der Waals surface area contributed by atoms with E-state index in [2.05, 4.69) is 27.7 Å². The minimum absolute atomic E-state index is 0. The average molecular weight is 661 g/mol. The molecule has 0 aromatic rings. The normalized spacial score (nSPS) is 31.7. The Kier molecular flexibility index (Phi) is 20.5. The van der Waals surface area contributed by atoms with Gasteiger partial charge in [0.05, 0.1) is 0 Å². The molecule has 0 N–H and O–H groups in total. The fraction of sp³-hybridized carbons (Fsp3) is 0.875. The third-order valence-electron chi connectivity index (χ3n) is 9.04. The predicted molar refractivity (Wildman–Crippen MR) is 145 cm³/mol. The number of carboxylic acids is 4. The molecule has 4 fully saturated rings. The van der Waals surface area contributed by atoms with E-state index in [1.807, 2.05) is 0 Å². The monoisotopic (exact) mass is 662 g/mol. The molecule has 8 unspecified atom stereocenters. The molecule has 4 saturated carbocycles. The van der Waals surface area contributed by atoms with Crippen molar-refractivity contribution in [2.45, 2.75) is 130 Å². The second kappa shape index (κ2) is 21.3. The van der Waals surface area contributed by atoms with Gasteiger partial charge in [-0.25, -0.2) is 0 Å². The van der Waals surface area contributed by atoms with Crippen LogP contribution >= 0.6 is 0 Å². The molecule has 0 bridgehead atoms. The van der Waals surface area contributed by atoms with Crippen molar-refractivity contribution in [3.63, 3.8) is 0 Å². The van der Waals surface area contributed by atoms with Crippen molar-refractivity contribution >= 4 is 23.9 Å². The van der Waals surface area contributed by atoms with Crippen LogP contribution in [0.1, 0.15) is 130 Å². The summed E-state index contributed by atoms with van der Waals surface area (Å²) in [5.74, 6) is 0.957. The van der Waals surface area contributed by atoms with Crippen LogP contribution in [0, 0.1) is 47.3 Å². The molecule has 8 atom stereocenters. The van der Waals surface area contributed by atoms with Crippen LogP contribution < -0.4 is 20.4 Å². The Bertz CT molecular complexity index is 660. The third-order valence-corrected chi connectivity index (χ3v) is 9.04. The van der Waals surface area contributed by atoms with Gasteiger partial charge in [-0.2, -0.15) is 0 Å². The van der Waals surface area contributed by atoms with Crippen molar-refractivity contribution in [3.8, 4) is 0 Å². The van der Waals surface area contributed by atoms with E-state index in [1.54, 1.807) is 0 Å². The van der Waals surface area contributed by atoms with Crippen LogP contribution in [0.25, 0.3) is 0 Å². The van der Waals surface area contributed by atoms with Gasteiger partial charge in [0.15, 0.2) is 0 Å². The summed E-state index contributed by atoms with van der Waals surface area (Å²) in [6.45, 7) is 8.70. The van der Waals surface area contributed by atoms with Crippen LogP contribution in [0.5, 0.6) is 0 Å². The van der Waals surface area contributed by atoms with Crippen molar-refractivity contribution in [3.05, 3.63) is 0 Å². The van der Waals surface area contributed by atoms with Crippen LogP contribution in [0.4, 0.5) is 0 Å². The zero-order valence-corrected chi connectivity index (χ0v) is 27.6. The van der Waals surface area contributed by atoms with E-state index in [0.717, 1.165) is 75.0 Å². The molecule has 0 aromatic heterocycles. The average Bonchev–Trinajstić information content (AvgIpc) is 3.60. The van der Waals surface area contributed by atoms with E-state index >= 15 is 0 Å². The first kappa shape index (κ1) is 39.6. The number of hydrogen-bond donors (Lipinski definition) is 0. The summed E-state index contributed by atoms with van der Waals surface area (Å²) in [4.78, 5) is 40.6. The van der Waals surface area contributed by atoms with Crippen LogP contribution in [0.2, 0.25) is 0 Å². The summed E-state index contributed by atoms with van der Waals surface area (Å²) in [5, 5.41) is 40.6. The van der Waals surface area contributed by atoms with Gasteiger partial charge in [0, 0.05) is 23.9 Å². The van der Waals surface area contributed by atoms with Gasteiger partial charge in [-0.05, 0) is 124 Å². The van der Waals surface area contributed by atoms with Crippen molar-refractivity contribution < 1.29 is 60.7 Å². The van der Waals surface area contributed by atoms with E-state index < -0.39 is 23.9 Å². The number of hydrogen-bond acceptors (Lipinski definition) is 8. The number of carbonyl (C=O) groups excluding carboxylic acids is 4. The van der Waals surface area contributed by atoms with Gasteiger partial charge in [-0.1, -0.05) is 53.4 Å². The SMILES string of the molecule is CC1CCC(CC(=O)[O-])C1.CC1CCC(CC(=O)[O-])C1.CC1CCC(CC(=O)[O-])C1.CC1CCC(CC(=O)[O-])C1.[Mo+4]. The Morgan fingerprint density at radius 2 is 0.585 bits per heavy atom. The topological polar surface area (TPSA) is 161 Å². The molecule has 0 heterocycles. The molecular formula is C32H52MoO8. The summed E-state index contributed by atoms with van der Waals surface area (Å²) >= 11 is 0. The van der Waals surface area contributed by atoms with Gasteiger partial charge in [0.25, 0.3) is 0 Å². The maximum Gasteiger partial charge on any atom is 4.00 e. The largest absolute Gasteiger partial charge is 4.00 e. The molecule has 9 heteroatoms. The van der Waals surface area contributed by atoms with E-state index in [-0.39, 0.29) is 46.7 Å². The van der Waals surface area contributed by atoms with Gasteiger partial charge < -0.3 is 39.6 Å². The fourth-order valence-corrected chi connectivity index (χ4v) is 6.98. The Hall–Kier alpha value is -1.43. The molecule has 8 nitrogen and oxygen atoms in total. The van der Waals surface area contributed by atoms with Gasteiger partial charge >= 0.3 is 21.1 Å². The summed E-state index contributed by atoms with van der Waals surface area (Å²) in [6, 6.07) is 0. The van der Waals surface area contributed by atoms with Crippen molar-refractivity contribution in [2.24, 2.45) is 47.3 Å². The maximum atomic E-state index is 10.2. The fourth-order valence-electron chi connectivity index (χ4n) is 6.98. The standard InChI is InChI=1S/4C8H14O2.Mo/c4*1-6-2-3-7(4-6)5-8(9)10;/h4*6-7H,2-5H2,1H3,(H,9,10);/q;;;;+4/p-4. The Morgan fingerprint density at radius 1 is 0.415 bits per heavy atom. The number of aliphatic carboxylic acids is 4. The molecule has 0 saturated heterocycles. The molecule has 0 aliphatic heterocycles. The molecule has 0 amide bonds. The summed E-state index contributed by atoms with van der Waals surface area (Å²) in [7, 11) is 0. The van der Waals surface area contributed by atoms with E-state index in [4.69, 9.17) is 0 Å². The molecule has 0 aromatic carbocycles. The molecule has 0 radical (unpaired) electrons. The predicted octanol–water partition coefficient (Wildman–Crippen LogP) is 2.25. The Morgan fingerprint density at radius 3 is 0.683 bits per heavy atom. The van der Waals surface area contributed by atoms with Gasteiger partial charge in [0.2, 0.25) is 0 Å². The van der Waals surface area contributed by atoms with Gasteiger partial charge in [0.1, 0.15) is 0 Å². The van der Waals surface area contributed by atoms with Crippen LogP contribution in [-0.2, 0) is 40.2 Å². The molecule has 0 spiro atoms. The summed E-state index contributed by atoms with van der Waals surface area (Å²) < 4.78 is 0. The Labute approximate surface area is 261 Å². The Balaban J connectivity index is 0.000000516. The van der Waals surface area contributed by atoms with Crippen LogP contribution in [-0.4, -0.2) is 23.9 Å². The molecule has 234 valence electrons. The van der Waals surface area contributed by atoms with E-state index in [9.17, 15) is 39.6 Å². The molecule has 4 aliphatic carbocycles. The second-order valence-corrected chi connectivity index (χ2v) is 13.4. The van der Waals surface area contributed by atoms with E-state index in [0.29, 0.717) is 23.7 Å². The first-order valence-electron chi connectivity index (χ1n) is 15.5. The first-order chi connectivity index (χ1) is 18.7. The molecule has 4 aliphatic rings. The third kappa shape index (κ3) is 20.2. The van der Waals surface area contributed by atoms with Crippen molar-refractivity contribution in [1.82, 2.24) is 0 Å². The molecule has 41 heavy (non-hydrogen) atoms. The maximum absolute atomic E-state index is 10.2. The summed E-state index contributed by atoms with van der Waals surface area (Å²) in [6.07, 6.45) is 14.5. The second-order valence-electron chi connectivity index (χ2n) is 13.4. The quantitative estimate of drug-likeness (QED) is 0.359. The number of rotatable bonds is 8. The minimum atomic E-state index is -0.890. The van der Waals surface area contributed by atoms with Crippen molar-refractivity contribution in [1.29, 1.82) is 0 Å². The van der Waals surface area contributed by atoms with E-state index in [1.165, 1.54) is 25.7 Å². The van der Waals surface area contributed by atoms with Crippen molar-refractivity contribution in [2.75, 3.05) is 0 Å². The zero-order valence-electron chi connectivity index (χ0n) is 25.6. The first-order valence-corrected chi connectivity index (χ1v) is 15.5. The van der Waals surface area contributed by atoms with Crippen LogP contribution in [0.3, 0.4) is 0 Å². The smallest absolute Gasteiger partial charge is 0.550 e. The number of carboxylic acid groups (broad SMARTS) is 4. The van der Waals surface area contributed by atoms with Gasteiger partial charge in [-0.15, -0.1) is 0 Å². The molecular weight excluding hydrogens is 608 g/mol. The summed E-state index contributed by atoms with van der Waals surface area (Å²) in [5.41, 5.74) is 0. The minimum Gasteiger partial charge on any atom is -0.550 e. The van der Waals surface area contributed by atoms with Crippen LogP contribution in [0.15, 0.2) is 0 Å². The zero-order chi connectivity index (χ0) is 30.2. The van der Waals surface area contributed by atoms with Gasteiger partial charge in [-0.3, -0.25) is 0 Å².